The number of aromatic nitrogens is 1. The lowest BCUT2D eigenvalue weighted by molar-refractivity contribution is 0.0757. The second kappa shape index (κ2) is 7.15. The van der Waals surface area contributed by atoms with Crippen molar-refractivity contribution in [2.45, 2.75) is 32.7 Å². The van der Waals surface area contributed by atoms with E-state index < -0.39 is 0 Å². The SMILES string of the molecule is CSCC(C)N(C)C(=O)c1cc(Cl)nc(C(C)C)c1. The molecule has 106 valence electrons. The molecule has 0 bridgehead atoms. The third-order valence-electron chi connectivity index (χ3n) is 3.04. The summed E-state index contributed by atoms with van der Waals surface area (Å²) in [6.45, 7) is 6.11. The Morgan fingerprint density at radius 2 is 2.05 bits per heavy atom. The fraction of sp³-hybridized carbons (Fsp3) is 0.571. The standard InChI is InChI=1S/C14H21ClN2OS/c1-9(2)12-6-11(7-13(15)16-12)14(18)17(4)10(3)8-19-5/h6-7,9-10H,8H2,1-5H3. The molecule has 1 aromatic heterocycles. The molecule has 19 heavy (non-hydrogen) atoms. The van der Waals surface area contributed by atoms with E-state index in [1.807, 2.05) is 40.1 Å². The van der Waals surface area contributed by atoms with E-state index in [1.54, 1.807) is 22.7 Å². The quantitative estimate of drug-likeness (QED) is 0.778. The number of nitrogens with zero attached hydrogens (tertiary/aromatic N) is 2. The van der Waals surface area contributed by atoms with Crippen molar-refractivity contribution in [2.75, 3.05) is 19.1 Å². The van der Waals surface area contributed by atoms with Gasteiger partial charge in [0.25, 0.3) is 5.91 Å². The van der Waals surface area contributed by atoms with Crippen LogP contribution in [0.4, 0.5) is 0 Å². The lowest BCUT2D eigenvalue weighted by atomic mass is 10.1. The fourth-order valence-electron chi connectivity index (χ4n) is 1.69. The van der Waals surface area contributed by atoms with Gasteiger partial charge in [0.15, 0.2) is 0 Å². The molecule has 0 aliphatic rings. The number of halogens is 1. The van der Waals surface area contributed by atoms with E-state index in [0.717, 1.165) is 11.4 Å². The molecule has 1 heterocycles. The lowest BCUT2D eigenvalue weighted by Crippen LogP contribution is -2.36. The average Bonchev–Trinajstić information content (AvgIpc) is 2.36. The summed E-state index contributed by atoms with van der Waals surface area (Å²) in [5.74, 6) is 1.16. The number of amides is 1. The molecule has 0 aliphatic heterocycles. The summed E-state index contributed by atoms with van der Waals surface area (Å²) in [6.07, 6.45) is 2.04. The van der Waals surface area contributed by atoms with E-state index in [9.17, 15) is 4.79 Å². The van der Waals surface area contributed by atoms with Crippen LogP contribution in [0.1, 0.15) is 42.7 Å². The maximum atomic E-state index is 12.4. The Balaban J connectivity index is 2.99. The zero-order chi connectivity index (χ0) is 14.6. The monoisotopic (exact) mass is 300 g/mol. The van der Waals surface area contributed by atoms with Crippen molar-refractivity contribution in [1.82, 2.24) is 9.88 Å². The highest BCUT2D eigenvalue weighted by Crippen LogP contribution is 2.19. The van der Waals surface area contributed by atoms with Crippen LogP contribution in [0.2, 0.25) is 5.15 Å². The molecule has 1 amide bonds. The second-order valence-electron chi connectivity index (χ2n) is 4.98. The van der Waals surface area contributed by atoms with Crippen LogP contribution in [0.5, 0.6) is 0 Å². The molecule has 0 fully saturated rings. The highest BCUT2D eigenvalue weighted by Gasteiger charge is 2.19. The molecule has 0 saturated carbocycles. The van der Waals surface area contributed by atoms with Gasteiger partial charge >= 0.3 is 0 Å². The van der Waals surface area contributed by atoms with Crippen LogP contribution >= 0.6 is 23.4 Å². The molecule has 1 aromatic rings. The number of thioether (sulfide) groups is 1. The van der Waals surface area contributed by atoms with Crippen molar-refractivity contribution in [2.24, 2.45) is 0 Å². The summed E-state index contributed by atoms with van der Waals surface area (Å²) < 4.78 is 0. The molecule has 1 atom stereocenters. The van der Waals surface area contributed by atoms with Gasteiger partial charge in [-0.25, -0.2) is 4.98 Å². The smallest absolute Gasteiger partial charge is 0.254 e. The van der Waals surface area contributed by atoms with Gasteiger partial charge in [-0.05, 0) is 31.2 Å². The second-order valence-corrected chi connectivity index (χ2v) is 6.28. The Labute approximate surface area is 124 Å². The molecule has 0 spiro atoms. The Hall–Kier alpha value is -0.740. The maximum Gasteiger partial charge on any atom is 0.254 e. The minimum atomic E-state index is -0.00671. The molecule has 1 unspecified atom stereocenters. The average molecular weight is 301 g/mol. The van der Waals surface area contributed by atoms with Crippen LogP contribution in [0, 0.1) is 0 Å². The summed E-state index contributed by atoms with van der Waals surface area (Å²) in [5.41, 5.74) is 1.46. The van der Waals surface area contributed by atoms with Crippen LogP contribution in [0.3, 0.4) is 0 Å². The Morgan fingerprint density at radius 1 is 1.42 bits per heavy atom. The first kappa shape index (κ1) is 16.3. The molecule has 0 N–H and O–H groups in total. The summed E-state index contributed by atoms with van der Waals surface area (Å²) in [5, 5.41) is 0.375. The lowest BCUT2D eigenvalue weighted by Gasteiger charge is -2.24. The minimum Gasteiger partial charge on any atom is -0.338 e. The third kappa shape index (κ3) is 4.39. The number of hydrogen-bond acceptors (Lipinski definition) is 3. The predicted molar refractivity (Wildman–Crippen MR) is 83.3 cm³/mol. The number of hydrogen-bond donors (Lipinski definition) is 0. The van der Waals surface area contributed by atoms with Gasteiger partial charge in [-0.3, -0.25) is 4.79 Å². The maximum absolute atomic E-state index is 12.4. The van der Waals surface area contributed by atoms with Gasteiger partial charge in [-0.1, -0.05) is 25.4 Å². The summed E-state index contributed by atoms with van der Waals surface area (Å²) in [6, 6.07) is 3.66. The van der Waals surface area contributed by atoms with Gasteiger partial charge in [0, 0.05) is 30.1 Å². The fourth-order valence-corrected chi connectivity index (χ4v) is 2.61. The number of rotatable bonds is 5. The molecular weight excluding hydrogens is 280 g/mol. The van der Waals surface area contributed by atoms with E-state index >= 15 is 0 Å². The van der Waals surface area contributed by atoms with Gasteiger partial charge in [0.05, 0.1) is 0 Å². The van der Waals surface area contributed by atoms with Crippen LogP contribution in [0.25, 0.3) is 0 Å². The van der Waals surface area contributed by atoms with E-state index in [2.05, 4.69) is 4.98 Å². The van der Waals surface area contributed by atoms with Gasteiger partial charge < -0.3 is 4.90 Å². The Kier molecular flexibility index (Phi) is 6.14. The molecule has 0 saturated heterocycles. The van der Waals surface area contributed by atoms with Crippen molar-refractivity contribution in [3.63, 3.8) is 0 Å². The van der Waals surface area contributed by atoms with Gasteiger partial charge in [-0.15, -0.1) is 0 Å². The Bertz CT molecular complexity index is 451. The van der Waals surface area contributed by atoms with Crippen LogP contribution in [0.15, 0.2) is 12.1 Å². The first-order chi connectivity index (χ1) is 8.86. The summed E-state index contributed by atoms with van der Waals surface area (Å²) >= 11 is 7.73. The van der Waals surface area contributed by atoms with Gasteiger partial charge in [0.1, 0.15) is 5.15 Å². The first-order valence-corrected chi connectivity index (χ1v) is 8.07. The molecule has 0 radical (unpaired) electrons. The normalized spacial score (nSPS) is 12.6. The molecule has 5 heteroatoms. The molecule has 0 aromatic carbocycles. The first-order valence-electron chi connectivity index (χ1n) is 6.30. The number of carbonyl (C=O) groups is 1. The van der Waals surface area contributed by atoms with Crippen molar-refractivity contribution in [3.8, 4) is 0 Å². The van der Waals surface area contributed by atoms with Crippen molar-refractivity contribution < 1.29 is 4.79 Å². The third-order valence-corrected chi connectivity index (χ3v) is 4.05. The zero-order valence-electron chi connectivity index (χ0n) is 12.1. The van der Waals surface area contributed by atoms with Crippen molar-refractivity contribution in [1.29, 1.82) is 0 Å². The van der Waals surface area contributed by atoms with E-state index in [4.69, 9.17) is 11.6 Å². The largest absolute Gasteiger partial charge is 0.338 e. The van der Waals surface area contributed by atoms with E-state index in [-0.39, 0.29) is 17.9 Å². The molecule has 3 nitrogen and oxygen atoms in total. The van der Waals surface area contributed by atoms with E-state index in [0.29, 0.717) is 10.7 Å². The Morgan fingerprint density at radius 3 is 2.58 bits per heavy atom. The molecule has 1 rings (SSSR count). The number of carbonyl (C=O) groups excluding carboxylic acids is 1. The van der Waals surface area contributed by atoms with Crippen LogP contribution in [-0.2, 0) is 0 Å². The van der Waals surface area contributed by atoms with Crippen molar-refractivity contribution >= 4 is 29.3 Å². The highest BCUT2D eigenvalue weighted by molar-refractivity contribution is 7.98. The van der Waals surface area contributed by atoms with E-state index in [1.165, 1.54) is 0 Å². The molecular formula is C14H21ClN2OS. The predicted octanol–water partition coefficient (Wildman–Crippen LogP) is 3.68. The summed E-state index contributed by atoms with van der Waals surface area (Å²) in [4.78, 5) is 18.4. The summed E-state index contributed by atoms with van der Waals surface area (Å²) in [7, 11) is 1.83. The topological polar surface area (TPSA) is 33.2 Å². The van der Waals surface area contributed by atoms with Gasteiger partial charge in [0.2, 0.25) is 0 Å². The van der Waals surface area contributed by atoms with Gasteiger partial charge in [-0.2, -0.15) is 11.8 Å². The minimum absolute atomic E-state index is 0.00671. The van der Waals surface area contributed by atoms with Crippen LogP contribution < -0.4 is 0 Å². The van der Waals surface area contributed by atoms with Crippen molar-refractivity contribution in [3.05, 3.63) is 28.5 Å². The zero-order valence-corrected chi connectivity index (χ0v) is 13.7. The highest BCUT2D eigenvalue weighted by atomic mass is 35.5. The van der Waals surface area contributed by atoms with Crippen LogP contribution in [-0.4, -0.2) is 40.9 Å². The molecule has 0 aliphatic carbocycles. The number of pyridine rings is 1.